The molecule has 1 fully saturated rings. The topological polar surface area (TPSA) is 44.4 Å². The van der Waals surface area contributed by atoms with E-state index in [1.165, 1.54) is 6.07 Å². The SMILES string of the molecule is CCN(C(=O)NCc1ccc(F)c(F)c1)C1CCNCC1. The van der Waals surface area contributed by atoms with Crippen LogP contribution in [0.3, 0.4) is 0 Å². The smallest absolute Gasteiger partial charge is 0.317 e. The number of carbonyl (C=O) groups is 1. The minimum absolute atomic E-state index is 0.158. The first-order valence-electron chi connectivity index (χ1n) is 7.31. The van der Waals surface area contributed by atoms with Gasteiger partial charge in [-0.05, 0) is 50.6 Å². The number of urea groups is 1. The van der Waals surface area contributed by atoms with Crippen LogP contribution >= 0.6 is 0 Å². The molecule has 0 bridgehead atoms. The number of hydrogen-bond donors (Lipinski definition) is 2. The van der Waals surface area contributed by atoms with E-state index in [0.717, 1.165) is 38.1 Å². The molecule has 1 heterocycles. The van der Waals surface area contributed by atoms with Crippen molar-refractivity contribution in [1.82, 2.24) is 15.5 Å². The summed E-state index contributed by atoms with van der Waals surface area (Å²) in [6.45, 7) is 4.60. The molecular weight excluding hydrogens is 276 g/mol. The van der Waals surface area contributed by atoms with Crippen LogP contribution in [0.5, 0.6) is 0 Å². The average Bonchev–Trinajstić information content (AvgIpc) is 2.50. The Morgan fingerprint density at radius 2 is 2.05 bits per heavy atom. The minimum atomic E-state index is -0.896. The molecule has 0 unspecified atom stereocenters. The van der Waals surface area contributed by atoms with Gasteiger partial charge < -0.3 is 15.5 Å². The third-order valence-corrected chi connectivity index (χ3v) is 3.78. The summed E-state index contributed by atoms with van der Waals surface area (Å²) >= 11 is 0. The molecule has 0 saturated carbocycles. The monoisotopic (exact) mass is 297 g/mol. The van der Waals surface area contributed by atoms with E-state index in [1.807, 2.05) is 6.92 Å². The van der Waals surface area contributed by atoms with Crippen molar-refractivity contribution in [2.24, 2.45) is 0 Å². The van der Waals surface area contributed by atoms with Gasteiger partial charge in [-0.2, -0.15) is 0 Å². The van der Waals surface area contributed by atoms with Crippen molar-refractivity contribution in [3.8, 4) is 0 Å². The normalized spacial score (nSPS) is 15.8. The van der Waals surface area contributed by atoms with Crippen LogP contribution in [0, 0.1) is 11.6 Å². The zero-order valence-electron chi connectivity index (χ0n) is 12.2. The van der Waals surface area contributed by atoms with Gasteiger partial charge in [0.2, 0.25) is 0 Å². The third-order valence-electron chi connectivity index (χ3n) is 3.78. The van der Waals surface area contributed by atoms with Gasteiger partial charge in [-0.1, -0.05) is 6.07 Å². The van der Waals surface area contributed by atoms with Gasteiger partial charge in [0, 0.05) is 19.1 Å². The summed E-state index contributed by atoms with van der Waals surface area (Å²) in [6.07, 6.45) is 1.87. The average molecular weight is 297 g/mol. The second-order valence-electron chi connectivity index (χ2n) is 5.17. The van der Waals surface area contributed by atoms with Gasteiger partial charge in [0.1, 0.15) is 0 Å². The van der Waals surface area contributed by atoms with Gasteiger partial charge in [-0.15, -0.1) is 0 Å². The molecule has 0 aromatic heterocycles. The Labute approximate surface area is 123 Å². The number of nitrogens with one attached hydrogen (secondary N) is 2. The highest BCUT2D eigenvalue weighted by Crippen LogP contribution is 2.12. The molecular formula is C15H21F2N3O. The first-order valence-corrected chi connectivity index (χ1v) is 7.31. The Bertz CT molecular complexity index is 490. The predicted molar refractivity (Wildman–Crippen MR) is 76.9 cm³/mol. The molecule has 0 radical (unpaired) electrons. The van der Waals surface area contributed by atoms with Gasteiger partial charge in [0.15, 0.2) is 11.6 Å². The van der Waals surface area contributed by atoms with Crippen molar-refractivity contribution in [3.63, 3.8) is 0 Å². The van der Waals surface area contributed by atoms with Crippen LogP contribution < -0.4 is 10.6 Å². The van der Waals surface area contributed by atoms with E-state index in [9.17, 15) is 13.6 Å². The molecule has 116 valence electrons. The fraction of sp³-hybridized carbons (Fsp3) is 0.533. The number of amides is 2. The molecule has 2 amide bonds. The summed E-state index contributed by atoms with van der Waals surface area (Å²) in [5.41, 5.74) is 0.545. The second-order valence-corrected chi connectivity index (χ2v) is 5.17. The number of piperidine rings is 1. The molecule has 4 nitrogen and oxygen atoms in total. The van der Waals surface area contributed by atoms with Gasteiger partial charge in [0.05, 0.1) is 0 Å². The van der Waals surface area contributed by atoms with Crippen molar-refractivity contribution in [3.05, 3.63) is 35.4 Å². The summed E-state index contributed by atoms with van der Waals surface area (Å²) in [4.78, 5) is 14.0. The highest BCUT2D eigenvalue weighted by atomic mass is 19.2. The lowest BCUT2D eigenvalue weighted by molar-refractivity contribution is 0.162. The van der Waals surface area contributed by atoms with Crippen LogP contribution in [0.4, 0.5) is 13.6 Å². The fourth-order valence-electron chi connectivity index (χ4n) is 2.61. The quantitative estimate of drug-likeness (QED) is 0.895. The Morgan fingerprint density at radius 1 is 1.33 bits per heavy atom. The Balaban J connectivity index is 1.91. The third kappa shape index (κ3) is 4.14. The lowest BCUT2D eigenvalue weighted by Gasteiger charge is -2.33. The minimum Gasteiger partial charge on any atom is -0.334 e. The maximum atomic E-state index is 13.1. The van der Waals surface area contributed by atoms with Crippen molar-refractivity contribution in [2.45, 2.75) is 32.4 Å². The van der Waals surface area contributed by atoms with Crippen LogP contribution in [0.2, 0.25) is 0 Å². The molecule has 1 aromatic carbocycles. The number of benzene rings is 1. The largest absolute Gasteiger partial charge is 0.334 e. The second kappa shape index (κ2) is 7.36. The van der Waals surface area contributed by atoms with Crippen molar-refractivity contribution < 1.29 is 13.6 Å². The van der Waals surface area contributed by atoms with Crippen molar-refractivity contribution in [1.29, 1.82) is 0 Å². The molecule has 0 spiro atoms. The van der Waals surface area contributed by atoms with Gasteiger partial charge in [0.25, 0.3) is 0 Å². The first kappa shape index (κ1) is 15.7. The van der Waals surface area contributed by atoms with Crippen LogP contribution in [-0.4, -0.2) is 36.6 Å². The highest BCUT2D eigenvalue weighted by Gasteiger charge is 2.23. The summed E-state index contributed by atoms with van der Waals surface area (Å²) in [5, 5.41) is 6.04. The maximum Gasteiger partial charge on any atom is 0.317 e. The Hall–Kier alpha value is -1.69. The summed E-state index contributed by atoms with van der Waals surface area (Å²) in [5.74, 6) is -1.78. The first-order chi connectivity index (χ1) is 10.1. The molecule has 1 aromatic rings. The molecule has 1 aliphatic heterocycles. The van der Waals surface area contributed by atoms with E-state index in [4.69, 9.17) is 0 Å². The molecule has 2 rings (SSSR count). The van der Waals surface area contributed by atoms with Gasteiger partial charge in [-0.25, -0.2) is 13.6 Å². The molecule has 0 atom stereocenters. The fourth-order valence-corrected chi connectivity index (χ4v) is 2.61. The standard InChI is InChI=1S/C15H21F2N3O/c1-2-20(12-5-7-18-8-6-12)15(21)19-10-11-3-4-13(16)14(17)9-11/h3-4,9,12,18H,2,5-8,10H2,1H3,(H,19,21). The van der Waals surface area contributed by atoms with Crippen LogP contribution in [0.1, 0.15) is 25.3 Å². The maximum absolute atomic E-state index is 13.1. The number of nitrogens with zero attached hydrogens (tertiary/aromatic N) is 1. The lowest BCUT2D eigenvalue weighted by Crippen LogP contribution is -2.49. The lowest BCUT2D eigenvalue weighted by atomic mass is 10.1. The van der Waals surface area contributed by atoms with Gasteiger partial charge in [-0.3, -0.25) is 0 Å². The molecule has 0 aliphatic carbocycles. The number of carbonyl (C=O) groups excluding carboxylic acids is 1. The van der Waals surface area contributed by atoms with Crippen LogP contribution in [-0.2, 0) is 6.54 Å². The zero-order valence-corrected chi connectivity index (χ0v) is 12.2. The van der Waals surface area contributed by atoms with Crippen LogP contribution in [0.25, 0.3) is 0 Å². The summed E-state index contributed by atoms with van der Waals surface area (Å²) in [6, 6.07) is 3.73. The predicted octanol–water partition coefficient (Wildman–Crippen LogP) is 2.25. The molecule has 21 heavy (non-hydrogen) atoms. The number of rotatable bonds is 4. The van der Waals surface area contributed by atoms with E-state index in [2.05, 4.69) is 10.6 Å². The molecule has 1 saturated heterocycles. The zero-order chi connectivity index (χ0) is 15.2. The molecule has 6 heteroatoms. The van der Waals surface area contributed by atoms with Crippen molar-refractivity contribution >= 4 is 6.03 Å². The van der Waals surface area contributed by atoms with Crippen molar-refractivity contribution in [2.75, 3.05) is 19.6 Å². The highest BCUT2D eigenvalue weighted by molar-refractivity contribution is 5.74. The Morgan fingerprint density at radius 3 is 2.67 bits per heavy atom. The molecule has 1 aliphatic rings. The Kier molecular flexibility index (Phi) is 5.50. The van der Waals surface area contributed by atoms with E-state index in [-0.39, 0.29) is 18.6 Å². The van der Waals surface area contributed by atoms with E-state index >= 15 is 0 Å². The van der Waals surface area contributed by atoms with Crippen LogP contribution in [0.15, 0.2) is 18.2 Å². The number of halogens is 2. The number of hydrogen-bond acceptors (Lipinski definition) is 2. The summed E-state index contributed by atoms with van der Waals surface area (Å²) < 4.78 is 26.0. The molecule has 2 N–H and O–H groups in total. The van der Waals surface area contributed by atoms with E-state index in [1.54, 1.807) is 4.90 Å². The van der Waals surface area contributed by atoms with E-state index < -0.39 is 11.6 Å². The van der Waals surface area contributed by atoms with E-state index in [0.29, 0.717) is 12.1 Å². The summed E-state index contributed by atoms with van der Waals surface area (Å²) in [7, 11) is 0. The van der Waals surface area contributed by atoms with Gasteiger partial charge >= 0.3 is 6.03 Å².